The Balaban J connectivity index is 1.63. The van der Waals surface area contributed by atoms with Crippen LogP contribution < -0.4 is 5.32 Å². The smallest absolute Gasteiger partial charge is 0.103 e. The Morgan fingerprint density at radius 3 is 3.11 bits per heavy atom. The molecule has 1 aromatic heterocycles. The molecule has 1 N–H and O–H groups in total. The molecule has 0 amide bonds. The fourth-order valence-electron chi connectivity index (χ4n) is 2.19. The summed E-state index contributed by atoms with van der Waals surface area (Å²) in [5.41, 5.74) is 1.21. The maximum atomic E-state index is 6.15. The van der Waals surface area contributed by atoms with E-state index in [1.54, 1.807) is 23.1 Å². The summed E-state index contributed by atoms with van der Waals surface area (Å²) in [6.45, 7) is 1.12. The van der Waals surface area contributed by atoms with Gasteiger partial charge in [-0.1, -0.05) is 23.7 Å². The highest BCUT2D eigenvalue weighted by Crippen LogP contribution is 2.31. The van der Waals surface area contributed by atoms with Gasteiger partial charge in [-0.25, -0.2) is 4.98 Å². The Labute approximate surface area is 126 Å². The number of nitrogens with one attached hydrogen (secondary N) is 1. The minimum atomic E-state index is 0.468. The van der Waals surface area contributed by atoms with Crippen molar-refractivity contribution in [1.82, 2.24) is 10.3 Å². The highest BCUT2D eigenvalue weighted by Gasteiger charge is 2.18. The topological polar surface area (TPSA) is 24.9 Å². The van der Waals surface area contributed by atoms with Crippen LogP contribution in [0.1, 0.15) is 29.6 Å². The van der Waals surface area contributed by atoms with Crippen LogP contribution in [0, 0.1) is 0 Å². The molecule has 100 valence electrons. The summed E-state index contributed by atoms with van der Waals surface area (Å²) < 4.78 is 0. The van der Waals surface area contributed by atoms with Gasteiger partial charge in [0.05, 0.1) is 22.5 Å². The van der Waals surface area contributed by atoms with Crippen LogP contribution in [0.15, 0.2) is 34.5 Å². The average Bonchev–Trinajstić information content (AvgIpc) is 3.09. The van der Waals surface area contributed by atoms with Crippen LogP contribution >= 0.6 is 34.7 Å². The molecule has 1 aliphatic rings. The predicted molar refractivity (Wildman–Crippen MR) is 83.1 cm³/mol. The summed E-state index contributed by atoms with van der Waals surface area (Å²) in [7, 11) is 0. The number of hydrogen-bond donors (Lipinski definition) is 1. The zero-order chi connectivity index (χ0) is 13.1. The molecule has 1 unspecified atom stereocenters. The third-order valence-corrected chi connectivity index (χ3v) is 5.75. The lowest BCUT2D eigenvalue weighted by atomic mass is 10.2. The van der Waals surface area contributed by atoms with E-state index in [1.807, 2.05) is 18.2 Å². The molecule has 1 aliphatic heterocycles. The highest BCUT2D eigenvalue weighted by atomic mass is 35.5. The molecule has 1 fully saturated rings. The summed E-state index contributed by atoms with van der Waals surface area (Å²) in [6, 6.07) is 8.43. The van der Waals surface area contributed by atoms with Crippen molar-refractivity contribution in [1.29, 1.82) is 0 Å². The lowest BCUT2D eigenvalue weighted by Gasteiger charge is -2.05. The van der Waals surface area contributed by atoms with Crippen molar-refractivity contribution in [2.75, 3.05) is 6.54 Å². The first-order chi connectivity index (χ1) is 9.33. The molecule has 2 aromatic rings. The van der Waals surface area contributed by atoms with E-state index in [9.17, 15) is 0 Å². The molecule has 0 aliphatic carbocycles. The van der Waals surface area contributed by atoms with Crippen molar-refractivity contribution in [2.24, 2.45) is 0 Å². The number of halogens is 1. The maximum absolute atomic E-state index is 6.15. The molecule has 2 nitrogen and oxygen atoms in total. The van der Waals surface area contributed by atoms with Crippen LogP contribution in [0.5, 0.6) is 0 Å². The zero-order valence-electron chi connectivity index (χ0n) is 10.4. The van der Waals surface area contributed by atoms with E-state index in [2.05, 4.69) is 16.8 Å². The molecule has 1 aromatic carbocycles. The van der Waals surface area contributed by atoms with Gasteiger partial charge in [0.25, 0.3) is 0 Å². The Morgan fingerprint density at radius 2 is 2.32 bits per heavy atom. The molecular weight excluding hydrogens is 296 g/mol. The molecule has 0 radical (unpaired) electrons. The Bertz CT molecular complexity index is 550. The van der Waals surface area contributed by atoms with Gasteiger partial charge in [0, 0.05) is 10.3 Å². The van der Waals surface area contributed by atoms with Crippen LogP contribution in [0.3, 0.4) is 0 Å². The second-order valence-corrected chi connectivity index (χ2v) is 6.90. The standard InChI is InChI=1S/C14H15ClN2S2/c15-10-4-1-2-6-13(10)18-9-14-17-12(8-19-14)11-5-3-7-16-11/h1-2,4,6,8,11,16H,3,5,7,9H2. The van der Waals surface area contributed by atoms with Crippen LogP contribution in [-0.4, -0.2) is 11.5 Å². The molecular formula is C14H15ClN2S2. The van der Waals surface area contributed by atoms with Gasteiger partial charge in [0.1, 0.15) is 5.01 Å². The maximum Gasteiger partial charge on any atom is 0.103 e. The molecule has 0 bridgehead atoms. The van der Waals surface area contributed by atoms with Crippen LogP contribution in [0.25, 0.3) is 0 Å². The van der Waals surface area contributed by atoms with Gasteiger partial charge in [-0.2, -0.15) is 0 Å². The molecule has 19 heavy (non-hydrogen) atoms. The summed E-state index contributed by atoms with van der Waals surface area (Å²) in [5, 5.41) is 7.67. The summed E-state index contributed by atoms with van der Waals surface area (Å²) in [5.74, 6) is 0.890. The van der Waals surface area contributed by atoms with Gasteiger partial charge in [0.15, 0.2) is 0 Å². The Hall–Kier alpha value is -0.550. The predicted octanol–water partition coefficient (Wildman–Crippen LogP) is 4.51. The average molecular weight is 311 g/mol. The van der Waals surface area contributed by atoms with E-state index >= 15 is 0 Å². The van der Waals surface area contributed by atoms with Crippen molar-refractivity contribution < 1.29 is 0 Å². The zero-order valence-corrected chi connectivity index (χ0v) is 12.8. The molecule has 1 atom stereocenters. The lowest BCUT2D eigenvalue weighted by molar-refractivity contribution is 0.630. The SMILES string of the molecule is Clc1ccccc1SCc1nc(C2CCCN2)cs1. The molecule has 2 heterocycles. The third-order valence-electron chi connectivity index (χ3n) is 3.17. The number of thiazole rings is 1. The van der Waals surface area contributed by atoms with Crippen molar-refractivity contribution in [3.8, 4) is 0 Å². The number of rotatable bonds is 4. The first-order valence-electron chi connectivity index (χ1n) is 6.38. The van der Waals surface area contributed by atoms with Gasteiger partial charge in [-0.15, -0.1) is 23.1 Å². The van der Waals surface area contributed by atoms with Gasteiger partial charge in [0.2, 0.25) is 0 Å². The summed E-state index contributed by atoms with van der Waals surface area (Å²) >= 11 is 9.65. The number of hydrogen-bond acceptors (Lipinski definition) is 4. The monoisotopic (exact) mass is 310 g/mol. The van der Waals surface area contributed by atoms with Gasteiger partial charge < -0.3 is 5.32 Å². The van der Waals surface area contributed by atoms with Gasteiger partial charge >= 0.3 is 0 Å². The third kappa shape index (κ3) is 3.31. The molecule has 0 spiro atoms. The van der Waals surface area contributed by atoms with E-state index in [-0.39, 0.29) is 0 Å². The van der Waals surface area contributed by atoms with E-state index in [1.165, 1.54) is 23.5 Å². The van der Waals surface area contributed by atoms with Gasteiger partial charge in [-0.05, 0) is 31.5 Å². The summed E-state index contributed by atoms with van der Waals surface area (Å²) in [6.07, 6.45) is 2.47. The van der Waals surface area contributed by atoms with Crippen molar-refractivity contribution in [2.45, 2.75) is 29.5 Å². The van der Waals surface area contributed by atoms with Crippen molar-refractivity contribution >= 4 is 34.7 Å². The lowest BCUT2D eigenvalue weighted by Crippen LogP contribution is -2.13. The highest BCUT2D eigenvalue weighted by molar-refractivity contribution is 7.98. The van der Waals surface area contributed by atoms with E-state index in [0.29, 0.717) is 6.04 Å². The fraction of sp³-hybridized carbons (Fsp3) is 0.357. The Morgan fingerprint density at radius 1 is 1.42 bits per heavy atom. The minimum Gasteiger partial charge on any atom is -0.309 e. The van der Waals surface area contributed by atoms with Crippen LogP contribution in [0.4, 0.5) is 0 Å². The quantitative estimate of drug-likeness (QED) is 0.841. The second kappa shape index (κ2) is 6.27. The van der Waals surface area contributed by atoms with Crippen molar-refractivity contribution in [3.05, 3.63) is 45.4 Å². The van der Waals surface area contributed by atoms with Crippen LogP contribution in [-0.2, 0) is 5.75 Å². The number of benzene rings is 1. The molecule has 3 rings (SSSR count). The Kier molecular flexibility index (Phi) is 4.43. The summed E-state index contributed by atoms with van der Waals surface area (Å²) in [4.78, 5) is 5.85. The van der Waals surface area contributed by atoms with Crippen LogP contribution in [0.2, 0.25) is 5.02 Å². The first-order valence-corrected chi connectivity index (χ1v) is 8.62. The number of nitrogens with zero attached hydrogens (tertiary/aromatic N) is 1. The largest absolute Gasteiger partial charge is 0.309 e. The number of aromatic nitrogens is 1. The van der Waals surface area contributed by atoms with E-state index in [4.69, 9.17) is 16.6 Å². The second-order valence-electron chi connectivity index (χ2n) is 4.53. The normalized spacial score (nSPS) is 18.9. The minimum absolute atomic E-state index is 0.468. The molecule has 0 saturated carbocycles. The fourth-order valence-corrected chi connectivity index (χ4v) is 4.29. The van der Waals surface area contributed by atoms with E-state index < -0.39 is 0 Å². The van der Waals surface area contributed by atoms with Gasteiger partial charge in [-0.3, -0.25) is 0 Å². The molecule has 5 heteroatoms. The van der Waals surface area contributed by atoms with E-state index in [0.717, 1.165) is 22.2 Å². The first kappa shape index (κ1) is 13.4. The molecule has 1 saturated heterocycles. The van der Waals surface area contributed by atoms with Crippen molar-refractivity contribution in [3.63, 3.8) is 0 Å². The number of thioether (sulfide) groups is 1.